The summed E-state index contributed by atoms with van der Waals surface area (Å²) >= 11 is 0. The Morgan fingerprint density at radius 1 is 1.11 bits per heavy atom. The molecule has 3 nitrogen and oxygen atoms in total. The van der Waals surface area contributed by atoms with Gasteiger partial charge in [-0.1, -0.05) is 36.0 Å². The van der Waals surface area contributed by atoms with E-state index >= 15 is 0 Å². The maximum atomic E-state index is 9.22. The van der Waals surface area contributed by atoms with Crippen molar-refractivity contribution in [2.45, 2.75) is 6.42 Å². The Balaban J connectivity index is 2.31. The van der Waals surface area contributed by atoms with E-state index in [1.54, 1.807) is 6.20 Å². The van der Waals surface area contributed by atoms with Crippen molar-refractivity contribution in [1.82, 2.24) is 4.98 Å². The van der Waals surface area contributed by atoms with Gasteiger partial charge in [0.25, 0.3) is 0 Å². The zero-order valence-electron chi connectivity index (χ0n) is 9.80. The van der Waals surface area contributed by atoms with Gasteiger partial charge in [0, 0.05) is 29.9 Å². The second-order valence-electron chi connectivity index (χ2n) is 4.28. The van der Waals surface area contributed by atoms with Crippen LogP contribution in [-0.2, 0) is 6.42 Å². The largest absolute Gasteiger partial charge is 0.411 e. The Morgan fingerprint density at radius 3 is 2.67 bits per heavy atom. The molecule has 0 fully saturated rings. The van der Waals surface area contributed by atoms with Crippen molar-refractivity contribution in [3.63, 3.8) is 0 Å². The van der Waals surface area contributed by atoms with Crippen LogP contribution in [0.5, 0.6) is 0 Å². The van der Waals surface area contributed by atoms with E-state index in [1.165, 1.54) is 0 Å². The maximum Gasteiger partial charge on any atom is 0.0917 e. The van der Waals surface area contributed by atoms with E-state index in [9.17, 15) is 5.21 Å². The van der Waals surface area contributed by atoms with Gasteiger partial charge in [0.05, 0.1) is 5.71 Å². The number of fused-ring (bicyclic) bond motifs is 2. The first-order valence-corrected chi connectivity index (χ1v) is 5.74. The van der Waals surface area contributed by atoms with Gasteiger partial charge in [0.15, 0.2) is 0 Å². The first kappa shape index (κ1) is 10.7. The van der Waals surface area contributed by atoms with Crippen LogP contribution in [-0.4, -0.2) is 15.9 Å². The molecule has 0 bridgehead atoms. The Morgan fingerprint density at radius 2 is 1.89 bits per heavy atom. The summed E-state index contributed by atoms with van der Waals surface area (Å²) in [5, 5.41) is 12.7. The van der Waals surface area contributed by atoms with Gasteiger partial charge in [-0.3, -0.25) is 4.98 Å². The summed E-state index contributed by atoms with van der Waals surface area (Å²) in [5.41, 5.74) is 5.62. The minimum Gasteiger partial charge on any atom is -0.411 e. The first-order chi connectivity index (χ1) is 8.81. The summed E-state index contributed by atoms with van der Waals surface area (Å²) in [6, 6.07) is 9.78. The lowest BCUT2D eigenvalue weighted by Gasteiger charge is -2.08. The summed E-state index contributed by atoms with van der Waals surface area (Å²) < 4.78 is 0. The summed E-state index contributed by atoms with van der Waals surface area (Å²) in [6.07, 6.45) is 4.15. The predicted octanol–water partition coefficient (Wildman–Crippen LogP) is 2.88. The summed E-state index contributed by atoms with van der Waals surface area (Å²) in [5.74, 6) is 0. The van der Waals surface area contributed by atoms with Crippen LogP contribution in [0.1, 0.15) is 22.3 Å². The van der Waals surface area contributed by atoms with Gasteiger partial charge >= 0.3 is 0 Å². The Labute approximate surface area is 105 Å². The highest BCUT2D eigenvalue weighted by molar-refractivity contribution is 6.08. The SMILES string of the molecule is C=C1c2cnccc2CC(=NO)c2ccccc21. The van der Waals surface area contributed by atoms with Crippen LogP contribution in [0.2, 0.25) is 0 Å². The second kappa shape index (κ2) is 4.11. The highest BCUT2D eigenvalue weighted by Gasteiger charge is 2.20. The molecule has 1 aromatic heterocycles. The average Bonchev–Trinajstić information content (AvgIpc) is 2.55. The van der Waals surface area contributed by atoms with E-state index < -0.39 is 0 Å². The molecule has 1 heterocycles. The summed E-state index contributed by atoms with van der Waals surface area (Å²) in [4.78, 5) is 4.15. The molecule has 0 radical (unpaired) electrons. The third-order valence-corrected chi connectivity index (χ3v) is 3.28. The van der Waals surface area contributed by atoms with Crippen molar-refractivity contribution < 1.29 is 5.21 Å². The second-order valence-corrected chi connectivity index (χ2v) is 4.28. The molecule has 0 saturated carbocycles. The Hall–Kier alpha value is -2.42. The molecule has 0 spiro atoms. The van der Waals surface area contributed by atoms with Crippen LogP contribution in [0.3, 0.4) is 0 Å². The molecular formula is C15H12N2O. The molecule has 0 aliphatic heterocycles. The molecule has 0 amide bonds. The number of hydrogen-bond donors (Lipinski definition) is 1. The van der Waals surface area contributed by atoms with E-state index in [0.717, 1.165) is 27.8 Å². The van der Waals surface area contributed by atoms with Crippen molar-refractivity contribution in [2.24, 2.45) is 5.16 Å². The minimum absolute atomic E-state index is 0.588. The number of benzene rings is 1. The number of rotatable bonds is 0. The summed E-state index contributed by atoms with van der Waals surface area (Å²) in [6.45, 7) is 4.15. The van der Waals surface area contributed by atoms with Crippen LogP contribution in [0, 0.1) is 0 Å². The highest BCUT2D eigenvalue weighted by atomic mass is 16.4. The predicted molar refractivity (Wildman–Crippen MR) is 70.8 cm³/mol. The molecular weight excluding hydrogens is 224 g/mol. The lowest BCUT2D eigenvalue weighted by Crippen LogP contribution is -2.05. The van der Waals surface area contributed by atoms with Crippen LogP contribution in [0.4, 0.5) is 0 Å². The van der Waals surface area contributed by atoms with Crippen LogP contribution >= 0.6 is 0 Å². The van der Waals surface area contributed by atoms with Gasteiger partial charge in [0.2, 0.25) is 0 Å². The van der Waals surface area contributed by atoms with Crippen molar-refractivity contribution in [3.05, 3.63) is 71.6 Å². The molecule has 2 aromatic rings. The maximum absolute atomic E-state index is 9.22. The van der Waals surface area contributed by atoms with Crippen molar-refractivity contribution in [3.8, 4) is 0 Å². The summed E-state index contributed by atoms with van der Waals surface area (Å²) in [7, 11) is 0. The standard InChI is InChI=1S/C15H12N2O/c1-10-12-4-2-3-5-13(12)15(17-18)8-11-6-7-16-9-14(10)11/h2-7,9,18H,1,8H2. The van der Waals surface area contributed by atoms with Gasteiger partial charge in [-0.05, 0) is 22.8 Å². The third kappa shape index (κ3) is 1.52. The van der Waals surface area contributed by atoms with Crippen LogP contribution in [0.15, 0.2) is 54.5 Å². The molecule has 1 N–H and O–H groups in total. The molecule has 0 saturated heterocycles. The third-order valence-electron chi connectivity index (χ3n) is 3.28. The number of oxime groups is 1. The van der Waals surface area contributed by atoms with E-state index in [2.05, 4.69) is 16.7 Å². The number of hydrogen-bond acceptors (Lipinski definition) is 3. The molecule has 0 unspecified atom stereocenters. The molecule has 1 aliphatic rings. The molecule has 1 aliphatic carbocycles. The topological polar surface area (TPSA) is 45.5 Å². The smallest absolute Gasteiger partial charge is 0.0917 e. The zero-order valence-corrected chi connectivity index (χ0v) is 9.80. The van der Waals surface area contributed by atoms with E-state index in [4.69, 9.17) is 0 Å². The van der Waals surface area contributed by atoms with Gasteiger partial charge in [0.1, 0.15) is 0 Å². The fourth-order valence-electron chi connectivity index (χ4n) is 2.36. The number of aromatic nitrogens is 1. The van der Waals surface area contributed by atoms with E-state index in [1.807, 2.05) is 36.5 Å². The highest BCUT2D eigenvalue weighted by Crippen LogP contribution is 2.31. The van der Waals surface area contributed by atoms with Crippen molar-refractivity contribution in [1.29, 1.82) is 0 Å². The first-order valence-electron chi connectivity index (χ1n) is 5.74. The van der Waals surface area contributed by atoms with Gasteiger partial charge in [-0.25, -0.2) is 0 Å². The Bertz CT molecular complexity index is 659. The van der Waals surface area contributed by atoms with E-state index in [-0.39, 0.29) is 0 Å². The fourth-order valence-corrected chi connectivity index (χ4v) is 2.36. The molecule has 3 rings (SSSR count). The van der Waals surface area contributed by atoms with Gasteiger partial charge in [-0.15, -0.1) is 0 Å². The molecule has 0 atom stereocenters. The molecule has 1 aromatic carbocycles. The normalized spacial score (nSPS) is 16.0. The molecule has 88 valence electrons. The lowest BCUT2D eigenvalue weighted by molar-refractivity contribution is 0.318. The van der Waals surface area contributed by atoms with Crippen molar-refractivity contribution in [2.75, 3.05) is 0 Å². The fraction of sp³-hybridized carbons (Fsp3) is 0.0667. The van der Waals surface area contributed by atoms with Gasteiger partial charge in [-0.2, -0.15) is 0 Å². The molecule has 3 heteroatoms. The monoisotopic (exact) mass is 236 g/mol. The lowest BCUT2D eigenvalue weighted by atomic mass is 9.97. The molecule has 18 heavy (non-hydrogen) atoms. The van der Waals surface area contributed by atoms with Crippen LogP contribution in [0.25, 0.3) is 5.57 Å². The average molecular weight is 236 g/mol. The Kier molecular flexibility index (Phi) is 2.45. The van der Waals surface area contributed by atoms with E-state index in [0.29, 0.717) is 12.1 Å². The van der Waals surface area contributed by atoms with Crippen molar-refractivity contribution >= 4 is 11.3 Å². The number of pyridine rings is 1. The quantitative estimate of drug-likeness (QED) is 0.564. The van der Waals surface area contributed by atoms with Crippen LogP contribution < -0.4 is 0 Å². The van der Waals surface area contributed by atoms with Gasteiger partial charge < -0.3 is 5.21 Å². The minimum atomic E-state index is 0.588. The zero-order chi connectivity index (χ0) is 12.5. The number of nitrogens with zero attached hydrogens (tertiary/aromatic N) is 2.